The Morgan fingerprint density at radius 1 is 1.03 bits per heavy atom. The van der Waals surface area contributed by atoms with Gasteiger partial charge in [0.05, 0.1) is 10.6 Å². The molecule has 1 N–H and O–H groups in total. The Kier molecular flexibility index (Phi) is 5.67. The number of sulfone groups is 1. The van der Waals surface area contributed by atoms with Gasteiger partial charge in [0.2, 0.25) is 11.8 Å². The largest absolute Gasteiger partial charge is 0.403 e. The van der Waals surface area contributed by atoms with E-state index in [0.717, 1.165) is 24.0 Å². The van der Waals surface area contributed by atoms with Crippen molar-refractivity contribution < 1.29 is 17.6 Å². The molecule has 0 atom stereocenters. The third-order valence-corrected chi connectivity index (χ3v) is 6.98. The summed E-state index contributed by atoms with van der Waals surface area (Å²) in [5.41, 5.74) is 4.43. The van der Waals surface area contributed by atoms with Crippen LogP contribution in [0.2, 0.25) is 0 Å². The van der Waals surface area contributed by atoms with Crippen LogP contribution in [0.4, 0.5) is 6.01 Å². The minimum absolute atomic E-state index is 0.0412. The molecule has 7 nitrogen and oxygen atoms in total. The van der Waals surface area contributed by atoms with E-state index in [1.54, 1.807) is 24.3 Å². The summed E-state index contributed by atoms with van der Waals surface area (Å²) >= 11 is 0. The van der Waals surface area contributed by atoms with Crippen molar-refractivity contribution in [2.24, 2.45) is 0 Å². The summed E-state index contributed by atoms with van der Waals surface area (Å²) in [4.78, 5) is 12.4. The summed E-state index contributed by atoms with van der Waals surface area (Å²) in [6.07, 6.45) is 4.31. The zero-order valence-electron chi connectivity index (χ0n) is 16.7. The Balaban J connectivity index is 1.38. The van der Waals surface area contributed by atoms with Crippen LogP contribution in [0, 0.1) is 6.92 Å². The molecule has 0 saturated carbocycles. The topological polar surface area (TPSA) is 102 Å². The molecule has 156 valence electrons. The maximum Gasteiger partial charge on any atom is 0.322 e. The summed E-state index contributed by atoms with van der Waals surface area (Å²) in [5.74, 6) is -0.467. The van der Waals surface area contributed by atoms with Crippen molar-refractivity contribution in [2.45, 2.75) is 43.9 Å². The molecule has 0 unspecified atom stereocenters. The number of carbonyl (C=O) groups is 1. The molecule has 0 fully saturated rings. The lowest BCUT2D eigenvalue weighted by Gasteiger charge is -2.15. The highest BCUT2D eigenvalue weighted by Crippen LogP contribution is 2.27. The van der Waals surface area contributed by atoms with Gasteiger partial charge in [0.25, 0.3) is 0 Å². The summed E-state index contributed by atoms with van der Waals surface area (Å²) in [7, 11) is -3.54. The second kappa shape index (κ2) is 8.39. The Hall–Kier alpha value is -3.00. The molecule has 0 aliphatic heterocycles. The minimum atomic E-state index is -3.54. The number of carbonyl (C=O) groups excluding carboxylic acids is 1. The van der Waals surface area contributed by atoms with Crippen LogP contribution in [0.3, 0.4) is 0 Å². The van der Waals surface area contributed by atoms with E-state index in [0.29, 0.717) is 5.89 Å². The normalized spacial score (nSPS) is 13.6. The van der Waals surface area contributed by atoms with Gasteiger partial charge in [0, 0.05) is 12.0 Å². The molecular weight excluding hydrogens is 402 g/mol. The van der Waals surface area contributed by atoms with Crippen LogP contribution in [-0.2, 0) is 27.5 Å². The van der Waals surface area contributed by atoms with E-state index in [1.165, 1.54) is 24.0 Å². The van der Waals surface area contributed by atoms with E-state index in [4.69, 9.17) is 4.42 Å². The van der Waals surface area contributed by atoms with Crippen LogP contribution >= 0.6 is 0 Å². The molecule has 0 saturated heterocycles. The van der Waals surface area contributed by atoms with Crippen molar-refractivity contribution in [1.82, 2.24) is 10.2 Å². The molecule has 0 bridgehead atoms. The predicted molar refractivity (Wildman–Crippen MR) is 113 cm³/mol. The van der Waals surface area contributed by atoms with E-state index >= 15 is 0 Å². The average Bonchev–Trinajstić information content (AvgIpc) is 3.21. The van der Waals surface area contributed by atoms with Gasteiger partial charge in [-0.3, -0.25) is 10.1 Å². The molecule has 2 aromatic carbocycles. The van der Waals surface area contributed by atoms with Gasteiger partial charge < -0.3 is 4.42 Å². The van der Waals surface area contributed by atoms with Crippen LogP contribution in [0.25, 0.3) is 11.5 Å². The number of aromatic nitrogens is 2. The SMILES string of the molecule is Cc1ccc(S(=O)(=O)CCC(=O)Nc2nnc(-c3ccc4c(c3)CCCC4)o2)cc1. The van der Waals surface area contributed by atoms with Crippen molar-refractivity contribution in [1.29, 1.82) is 0 Å². The van der Waals surface area contributed by atoms with E-state index < -0.39 is 15.7 Å². The van der Waals surface area contributed by atoms with E-state index in [1.807, 2.05) is 13.0 Å². The molecule has 30 heavy (non-hydrogen) atoms. The van der Waals surface area contributed by atoms with Crippen molar-refractivity contribution in [2.75, 3.05) is 11.1 Å². The number of nitrogens with one attached hydrogen (secondary N) is 1. The number of anilines is 1. The van der Waals surface area contributed by atoms with Gasteiger partial charge in [-0.05, 0) is 68.0 Å². The van der Waals surface area contributed by atoms with Crippen LogP contribution in [-0.4, -0.2) is 30.3 Å². The number of benzene rings is 2. The lowest BCUT2D eigenvalue weighted by molar-refractivity contribution is -0.115. The fraction of sp³-hybridized carbons (Fsp3) is 0.318. The average molecular weight is 426 g/mol. The number of hydrogen-bond acceptors (Lipinski definition) is 6. The van der Waals surface area contributed by atoms with Crippen molar-refractivity contribution in [3.05, 3.63) is 59.2 Å². The molecule has 1 aliphatic carbocycles. The van der Waals surface area contributed by atoms with Crippen molar-refractivity contribution in [3.63, 3.8) is 0 Å². The number of fused-ring (bicyclic) bond motifs is 1. The molecule has 1 amide bonds. The molecule has 1 aliphatic rings. The Labute approximate surface area is 175 Å². The molecule has 4 rings (SSSR count). The first-order valence-corrected chi connectivity index (χ1v) is 11.6. The van der Waals surface area contributed by atoms with Gasteiger partial charge in [-0.25, -0.2) is 8.42 Å². The summed E-state index contributed by atoms with van der Waals surface area (Å²) in [6, 6.07) is 12.6. The monoisotopic (exact) mass is 425 g/mol. The molecule has 8 heteroatoms. The molecule has 1 aromatic heterocycles. The third-order valence-electron chi connectivity index (χ3n) is 5.24. The fourth-order valence-electron chi connectivity index (χ4n) is 3.53. The lowest BCUT2D eigenvalue weighted by Crippen LogP contribution is -2.17. The lowest BCUT2D eigenvalue weighted by atomic mass is 9.90. The quantitative estimate of drug-likeness (QED) is 0.646. The first kappa shape index (κ1) is 20.3. The number of nitrogens with zero attached hydrogens (tertiary/aromatic N) is 2. The highest BCUT2D eigenvalue weighted by molar-refractivity contribution is 7.91. The van der Waals surface area contributed by atoms with Gasteiger partial charge in [0.1, 0.15) is 0 Å². The highest BCUT2D eigenvalue weighted by Gasteiger charge is 2.18. The summed E-state index contributed by atoms with van der Waals surface area (Å²) < 4.78 is 30.3. The first-order chi connectivity index (χ1) is 14.4. The second-order valence-electron chi connectivity index (χ2n) is 7.53. The van der Waals surface area contributed by atoms with Gasteiger partial charge in [-0.15, -0.1) is 5.10 Å². The molecule has 0 radical (unpaired) electrons. The third kappa shape index (κ3) is 4.59. The van der Waals surface area contributed by atoms with Gasteiger partial charge in [0.15, 0.2) is 9.84 Å². The Morgan fingerprint density at radius 2 is 1.77 bits per heavy atom. The second-order valence-corrected chi connectivity index (χ2v) is 9.64. The first-order valence-electron chi connectivity index (χ1n) is 9.96. The fourth-order valence-corrected chi connectivity index (χ4v) is 4.77. The Bertz CT molecular complexity index is 1170. The minimum Gasteiger partial charge on any atom is -0.403 e. The maximum atomic E-state index is 12.4. The van der Waals surface area contributed by atoms with Gasteiger partial charge in [-0.1, -0.05) is 28.9 Å². The van der Waals surface area contributed by atoms with Crippen molar-refractivity contribution >= 4 is 21.8 Å². The number of rotatable bonds is 6. The van der Waals surface area contributed by atoms with E-state index in [9.17, 15) is 13.2 Å². The summed E-state index contributed by atoms with van der Waals surface area (Å²) in [5, 5.41) is 10.3. The van der Waals surface area contributed by atoms with Crippen molar-refractivity contribution in [3.8, 4) is 11.5 Å². The zero-order chi connectivity index (χ0) is 21.1. The van der Waals surface area contributed by atoms with Gasteiger partial charge >= 0.3 is 6.01 Å². The molecule has 0 spiro atoms. The van der Waals surface area contributed by atoms with Crippen LogP contribution < -0.4 is 5.32 Å². The smallest absolute Gasteiger partial charge is 0.322 e. The number of amides is 1. The predicted octanol–water partition coefficient (Wildman–Crippen LogP) is 3.73. The molecule has 3 aromatic rings. The van der Waals surface area contributed by atoms with E-state index in [-0.39, 0.29) is 23.1 Å². The van der Waals surface area contributed by atoms with Crippen LogP contribution in [0.15, 0.2) is 51.8 Å². The maximum absolute atomic E-state index is 12.4. The van der Waals surface area contributed by atoms with Crippen LogP contribution in [0.5, 0.6) is 0 Å². The van der Waals surface area contributed by atoms with Gasteiger partial charge in [-0.2, -0.15) is 0 Å². The standard InChI is InChI=1S/C22H23N3O4S/c1-15-6-10-19(11-7-15)30(27,28)13-12-20(26)23-22-25-24-21(29-22)18-9-8-16-4-2-3-5-17(16)14-18/h6-11,14H,2-5,12-13H2,1H3,(H,23,25,26). The number of aryl methyl sites for hydroxylation is 3. The van der Waals surface area contributed by atoms with E-state index in [2.05, 4.69) is 27.6 Å². The highest BCUT2D eigenvalue weighted by atomic mass is 32.2. The number of hydrogen-bond donors (Lipinski definition) is 1. The zero-order valence-corrected chi connectivity index (χ0v) is 17.5. The molecular formula is C22H23N3O4S. The summed E-state index contributed by atoms with van der Waals surface area (Å²) in [6.45, 7) is 1.88. The molecule has 1 heterocycles. The Morgan fingerprint density at radius 3 is 2.53 bits per heavy atom. The van der Waals surface area contributed by atoms with Crippen LogP contribution in [0.1, 0.15) is 36.0 Å².